The van der Waals surface area contributed by atoms with E-state index in [9.17, 15) is 18.0 Å². The second-order valence-electron chi connectivity index (χ2n) is 3.56. The van der Waals surface area contributed by atoms with E-state index in [4.69, 9.17) is 5.11 Å². The summed E-state index contributed by atoms with van der Waals surface area (Å²) in [4.78, 5) is 10.9. The summed E-state index contributed by atoms with van der Waals surface area (Å²) >= 11 is 2.65. The first kappa shape index (κ1) is 13.6. The molecule has 1 heterocycles. The summed E-state index contributed by atoms with van der Waals surface area (Å²) < 4.78 is 38.9. The van der Waals surface area contributed by atoms with Gasteiger partial charge in [0.25, 0.3) is 0 Å². The van der Waals surface area contributed by atoms with Gasteiger partial charge in [0, 0.05) is 0 Å². The van der Waals surface area contributed by atoms with Crippen LogP contribution in [0.3, 0.4) is 0 Å². The number of carboxylic acid groups (broad SMARTS) is 1. The van der Waals surface area contributed by atoms with Crippen LogP contribution in [-0.2, 0) is 6.18 Å². The van der Waals surface area contributed by atoms with Gasteiger partial charge in [0.15, 0.2) is 11.4 Å². The number of aromatic nitrogens is 2. The molecule has 1 N–H and O–H groups in total. The Morgan fingerprint density at radius 1 is 1.26 bits per heavy atom. The summed E-state index contributed by atoms with van der Waals surface area (Å²) in [5.41, 5.74) is -1.71. The number of nitrogens with zero attached hydrogens (tertiary/aromatic N) is 2. The minimum absolute atomic E-state index is 0.128. The van der Waals surface area contributed by atoms with E-state index in [1.807, 2.05) is 0 Å². The van der Waals surface area contributed by atoms with E-state index in [0.29, 0.717) is 4.68 Å². The third kappa shape index (κ3) is 2.48. The van der Waals surface area contributed by atoms with Crippen molar-refractivity contribution in [3.05, 3.63) is 46.2 Å². The second kappa shape index (κ2) is 4.69. The highest BCUT2D eigenvalue weighted by molar-refractivity contribution is 9.10. The molecule has 0 fully saturated rings. The van der Waals surface area contributed by atoms with Crippen molar-refractivity contribution in [3.63, 3.8) is 0 Å². The van der Waals surface area contributed by atoms with Gasteiger partial charge in [-0.25, -0.2) is 9.48 Å². The summed E-state index contributed by atoms with van der Waals surface area (Å²) in [5, 5.41) is 12.3. The van der Waals surface area contributed by atoms with Crippen LogP contribution in [-0.4, -0.2) is 20.9 Å². The molecule has 0 aliphatic rings. The second-order valence-corrected chi connectivity index (χ2v) is 4.35. The van der Waals surface area contributed by atoms with Crippen LogP contribution in [0.15, 0.2) is 34.8 Å². The predicted octanol–water partition coefficient (Wildman–Crippen LogP) is 3.35. The monoisotopic (exact) mass is 334 g/mol. The maximum Gasteiger partial charge on any atom is 0.434 e. The lowest BCUT2D eigenvalue weighted by molar-refractivity contribution is -0.143. The lowest BCUT2D eigenvalue weighted by Gasteiger charge is -2.10. The highest BCUT2D eigenvalue weighted by Gasteiger charge is 2.41. The Kier molecular flexibility index (Phi) is 3.36. The van der Waals surface area contributed by atoms with Crippen LogP contribution in [0.1, 0.15) is 16.2 Å². The van der Waals surface area contributed by atoms with Crippen molar-refractivity contribution in [1.29, 1.82) is 0 Å². The third-order valence-electron chi connectivity index (χ3n) is 2.30. The maximum atomic E-state index is 13.0. The van der Waals surface area contributed by atoms with Crippen molar-refractivity contribution in [1.82, 2.24) is 9.78 Å². The Bertz CT molecular complexity index is 623. The molecule has 0 aliphatic carbocycles. The number of benzene rings is 1. The average molecular weight is 335 g/mol. The molecule has 0 bridgehead atoms. The Labute approximate surface area is 113 Å². The minimum atomic E-state index is -4.73. The van der Waals surface area contributed by atoms with Gasteiger partial charge >= 0.3 is 12.1 Å². The van der Waals surface area contributed by atoms with Crippen LogP contribution in [0.5, 0.6) is 0 Å². The molecular weight excluding hydrogens is 329 g/mol. The molecular formula is C11H6BrF3N2O2. The van der Waals surface area contributed by atoms with Crippen LogP contribution in [0.4, 0.5) is 13.2 Å². The van der Waals surface area contributed by atoms with Crippen molar-refractivity contribution in [2.75, 3.05) is 0 Å². The highest BCUT2D eigenvalue weighted by Crippen LogP contribution is 2.37. The van der Waals surface area contributed by atoms with Gasteiger partial charge in [0.05, 0.1) is 10.2 Å². The number of carboxylic acids is 1. The van der Waals surface area contributed by atoms with E-state index >= 15 is 0 Å². The van der Waals surface area contributed by atoms with Gasteiger partial charge in [-0.15, -0.1) is 0 Å². The Morgan fingerprint density at radius 3 is 2.32 bits per heavy atom. The smallest absolute Gasteiger partial charge is 0.434 e. The molecule has 0 radical (unpaired) electrons. The topological polar surface area (TPSA) is 55.1 Å². The zero-order chi connectivity index (χ0) is 14.2. The summed E-state index contributed by atoms with van der Waals surface area (Å²) in [6.07, 6.45) is -4.73. The van der Waals surface area contributed by atoms with E-state index in [-0.39, 0.29) is 5.69 Å². The number of carbonyl (C=O) groups is 1. The number of rotatable bonds is 2. The fourth-order valence-corrected chi connectivity index (χ4v) is 2.18. The van der Waals surface area contributed by atoms with Gasteiger partial charge in [-0.1, -0.05) is 18.2 Å². The fourth-order valence-electron chi connectivity index (χ4n) is 1.54. The van der Waals surface area contributed by atoms with Gasteiger partial charge in [-0.05, 0) is 28.1 Å². The quantitative estimate of drug-likeness (QED) is 0.916. The van der Waals surface area contributed by atoms with Crippen LogP contribution in [0, 0.1) is 0 Å². The van der Waals surface area contributed by atoms with Crippen molar-refractivity contribution < 1.29 is 23.1 Å². The Morgan fingerprint density at radius 2 is 1.84 bits per heavy atom. The first-order valence-corrected chi connectivity index (χ1v) is 5.76. The first-order valence-electron chi connectivity index (χ1n) is 4.97. The van der Waals surface area contributed by atoms with Gasteiger partial charge in [0.2, 0.25) is 0 Å². The van der Waals surface area contributed by atoms with Crippen molar-refractivity contribution in [3.8, 4) is 5.69 Å². The van der Waals surface area contributed by atoms with Crippen LogP contribution >= 0.6 is 15.9 Å². The third-order valence-corrected chi connectivity index (χ3v) is 3.05. The Hall–Kier alpha value is -1.83. The minimum Gasteiger partial charge on any atom is -0.476 e. The van der Waals surface area contributed by atoms with Gasteiger partial charge < -0.3 is 5.11 Å². The molecule has 0 spiro atoms. The lowest BCUT2D eigenvalue weighted by Crippen LogP contribution is -2.13. The summed E-state index contributed by atoms with van der Waals surface area (Å²) in [6.45, 7) is 0. The van der Waals surface area contributed by atoms with Gasteiger partial charge in [-0.3, -0.25) is 0 Å². The molecule has 2 rings (SSSR count). The maximum absolute atomic E-state index is 13.0. The molecule has 1 aromatic heterocycles. The zero-order valence-corrected chi connectivity index (χ0v) is 10.7. The van der Waals surface area contributed by atoms with E-state index in [2.05, 4.69) is 21.0 Å². The number of hydrogen-bond acceptors (Lipinski definition) is 2. The number of halogens is 4. The normalized spacial score (nSPS) is 11.6. The molecule has 0 aliphatic heterocycles. The number of alkyl halides is 3. The lowest BCUT2D eigenvalue weighted by atomic mass is 10.3. The molecule has 0 amide bonds. The molecule has 8 heteroatoms. The summed E-state index contributed by atoms with van der Waals surface area (Å²) in [5.74, 6) is -1.54. The van der Waals surface area contributed by atoms with Gasteiger partial charge in [0.1, 0.15) is 0 Å². The standard InChI is InChI=1S/C11H6BrF3N2O2/c12-7-8(10(18)19)16-17(9(7)11(13,14)15)6-4-2-1-3-5-6/h1-5H,(H,18,19). The molecule has 1 aromatic carbocycles. The molecule has 2 aromatic rings. The van der Waals surface area contributed by atoms with E-state index in [1.54, 1.807) is 6.07 Å². The van der Waals surface area contributed by atoms with Crippen LogP contribution < -0.4 is 0 Å². The fraction of sp³-hybridized carbons (Fsp3) is 0.0909. The predicted molar refractivity (Wildman–Crippen MR) is 63.2 cm³/mol. The van der Waals surface area contributed by atoms with Gasteiger partial charge in [-0.2, -0.15) is 18.3 Å². The molecule has 0 atom stereocenters. The average Bonchev–Trinajstić information content (AvgIpc) is 2.68. The van der Waals surface area contributed by atoms with Crippen LogP contribution in [0.2, 0.25) is 0 Å². The molecule has 0 saturated carbocycles. The number of aromatic carboxylic acids is 1. The van der Waals surface area contributed by atoms with Crippen LogP contribution in [0.25, 0.3) is 5.69 Å². The zero-order valence-electron chi connectivity index (χ0n) is 9.15. The largest absolute Gasteiger partial charge is 0.476 e. The van der Waals surface area contributed by atoms with E-state index in [1.165, 1.54) is 24.3 Å². The molecule has 0 saturated heterocycles. The molecule has 0 unspecified atom stereocenters. The summed E-state index contributed by atoms with van der Waals surface area (Å²) in [7, 11) is 0. The summed E-state index contributed by atoms with van der Waals surface area (Å²) in [6, 6.07) is 7.51. The first-order chi connectivity index (χ1) is 8.82. The Balaban J connectivity index is 2.74. The molecule has 100 valence electrons. The molecule has 4 nitrogen and oxygen atoms in total. The SMILES string of the molecule is O=C(O)c1nn(-c2ccccc2)c(C(F)(F)F)c1Br. The van der Waals surface area contributed by atoms with E-state index < -0.39 is 28.0 Å². The number of hydrogen-bond donors (Lipinski definition) is 1. The molecule has 19 heavy (non-hydrogen) atoms. The van der Waals surface area contributed by atoms with Crippen molar-refractivity contribution in [2.24, 2.45) is 0 Å². The van der Waals surface area contributed by atoms with Crippen molar-refractivity contribution >= 4 is 21.9 Å². The van der Waals surface area contributed by atoms with Crippen molar-refractivity contribution in [2.45, 2.75) is 6.18 Å². The van der Waals surface area contributed by atoms with E-state index in [0.717, 1.165) is 0 Å². The number of para-hydroxylation sites is 1. The highest BCUT2D eigenvalue weighted by atomic mass is 79.9.